The van der Waals surface area contributed by atoms with Gasteiger partial charge in [-0.3, -0.25) is 9.69 Å². The second-order valence-electron chi connectivity index (χ2n) is 6.25. The van der Waals surface area contributed by atoms with Gasteiger partial charge in [0.2, 0.25) is 5.91 Å². The van der Waals surface area contributed by atoms with Gasteiger partial charge in [-0.1, -0.05) is 11.6 Å². The van der Waals surface area contributed by atoms with Crippen molar-refractivity contribution in [3.63, 3.8) is 0 Å². The Morgan fingerprint density at radius 3 is 2.82 bits per heavy atom. The SMILES string of the molecule is O=C([C@@H]1Cc2cc(Cl)ccc2N1)N1CC(N2CCOCC2)C1. The van der Waals surface area contributed by atoms with Gasteiger partial charge < -0.3 is 15.0 Å². The smallest absolute Gasteiger partial charge is 0.245 e. The number of nitrogens with one attached hydrogen (secondary N) is 1. The number of fused-ring (bicyclic) bond motifs is 1. The van der Waals surface area contributed by atoms with Crippen molar-refractivity contribution < 1.29 is 9.53 Å². The molecule has 2 saturated heterocycles. The quantitative estimate of drug-likeness (QED) is 0.889. The van der Waals surface area contributed by atoms with Crippen LogP contribution in [0.1, 0.15) is 5.56 Å². The van der Waals surface area contributed by atoms with E-state index in [1.807, 2.05) is 23.1 Å². The molecule has 0 aliphatic carbocycles. The highest BCUT2D eigenvalue weighted by atomic mass is 35.5. The van der Waals surface area contributed by atoms with Gasteiger partial charge in [0.15, 0.2) is 0 Å². The molecule has 1 atom stereocenters. The highest BCUT2D eigenvalue weighted by molar-refractivity contribution is 6.30. The Bertz CT molecular complexity index is 583. The third-order valence-corrected chi connectivity index (χ3v) is 5.09. The summed E-state index contributed by atoms with van der Waals surface area (Å²) < 4.78 is 5.38. The van der Waals surface area contributed by atoms with Crippen molar-refractivity contribution in [2.24, 2.45) is 0 Å². The molecule has 3 aliphatic rings. The number of carbonyl (C=O) groups excluding carboxylic acids is 1. The Balaban J connectivity index is 1.33. The van der Waals surface area contributed by atoms with Gasteiger partial charge >= 0.3 is 0 Å². The normalized spacial score (nSPS) is 25.5. The lowest BCUT2D eigenvalue weighted by Gasteiger charge is -2.47. The predicted octanol–water partition coefficient (Wildman–Crippen LogP) is 1.22. The molecule has 1 aromatic carbocycles. The maximum absolute atomic E-state index is 12.6. The highest BCUT2D eigenvalue weighted by Crippen LogP contribution is 2.30. The third-order valence-electron chi connectivity index (χ3n) is 4.86. The molecule has 118 valence electrons. The summed E-state index contributed by atoms with van der Waals surface area (Å²) in [6.07, 6.45) is 0.730. The minimum absolute atomic E-state index is 0.140. The Morgan fingerprint density at radius 2 is 2.05 bits per heavy atom. The van der Waals surface area contributed by atoms with Crippen LogP contribution in [-0.2, 0) is 16.0 Å². The topological polar surface area (TPSA) is 44.8 Å². The van der Waals surface area contributed by atoms with Crippen molar-refractivity contribution in [3.05, 3.63) is 28.8 Å². The van der Waals surface area contributed by atoms with E-state index in [0.717, 1.165) is 62.1 Å². The lowest BCUT2D eigenvalue weighted by molar-refractivity contribution is -0.140. The molecule has 0 bridgehead atoms. The Morgan fingerprint density at radius 1 is 1.27 bits per heavy atom. The number of ether oxygens (including phenoxy) is 1. The molecule has 22 heavy (non-hydrogen) atoms. The monoisotopic (exact) mass is 321 g/mol. The summed E-state index contributed by atoms with van der Waals surface area (Å²) in [5.41, 5.74) is 2.17. The summed E-state index contributed by atoms with van der Waals surface area (Å²) >= 11 is 6.02. The Labute approximate surface area is 135 Å². The van der Waals surface area contributed by atoms with E-state index in [-0.39, 0.29) is 11.9 Å². The molecule has 0 aromatic heterocycles. The van der Waals surface area contributed by atoms with Crippen molar-refractivity contribution >= 4 is 23.2 Å². The van der Waals surface area contributed by atoms with Crippen molar-refractivity contribution in [1.29, 1.82) is 0 Å². The molecule has 1 aromatic rings. The van der Waals surface area contributed by atoms with E-state index in [1.165, 1.54) is 0 Å². The van der Waals surface area contributed by atoms with Crippen LogP contribution < -0.4 is 5.32 Å². The van der Waals surface area contributed by atoms with Gasteiger partial charge in [0.1, 0.15) is 6.04 Å². The van der Waals surface area contributed by atoms with Crippen LogP contribution in [0.3, 0.4) is 0 Å². The number of likely N-dealkylation sites (tertiary alicyclic amines) is 1. The van der Waals surface area contributed by atoms with Crippen LogP contribution >= 0.6 is 11.6 Å². The van der Waals surface area contributed by atoms with E-state index < -0.39 is 0 Å². The van der Waals surface area contributed by atoms with Crippen LogP contribution in [0.2, 0.25) is 5.02 Å². The Hall–Kier alpha value is -1.30. The zero-order valence-corrected chi connectivity index (χ0v) is 13.2. The predicted molar refractivity (Wildman–Crippen MR) is 85.3 cm³/mol. The van der Waals surface area contributed by atoms with E-state index in [4.69, 9.17) is 16.3 Å². The second-order valence-corrected chi connectivity index (χ2v) is 6.68. The summed E-state index contributed by atoms with van der Waals surface area (Å²) in [4.78, 5) is 17.0. The molecule has 1 N–H and O–H groups in total. The van der Waals surface area contributed by atoms with E-state index in [0.29, 0.717) is 6.04 Å². The average molecular weight is 322 g/mol. The summed E-state index contributed by atoms with van der Waals surface area (Å²) in [5.74, 6) is 0.205. The van der Waals surface area contributed by atoms with E-state index in [2.05, 4.69) is 10.2 Å². The number of benzene rings is 1. The van der Waals surface area contributed by atoms with Crippen LogP contribution in [-0.4, -0.2) is 67.2 Å². The fourth-order valence-electron chi connectivity index (χ4n) is 3.51. The minimum Gasteiger partial charge on any atom is -0.379 e. The van der Waals surface area contributed by atoms with Crippen molar-refractivity contribution in [1.82, 2.24) is 9.80 Å². The van der Waals surface area contributed by atoms with Gasteiger partial charge in [0.05, 0.1) is 13.2 Å². The first-order valence-corrected chi connectivity index (χ1v) is 8.24. The van der Waals surface area contributed by atoms with Crippen LogP contribution in [0.4, 0.5) is 5.69 Å². The first-order valence-electron chi connectivity index (χ1n) is 7.86. The zero-order chi connectivity index (χ0) is 15.1. The molecule has 0 saturated carbocycles. The van der Waals surface area contributed by atoms with Gasteiger partial charge in [-0.2, -0.15) is 0 Å². The van der Waals surface area contributed by atoms with Crippen molar-refractivity contribution in [3.8, 4) is 0 Å². The molecule has 0 spiro atoms. The zero-order valence-electron chi connectivity index (χ0n) is 12.4. The molecular weight excluding hydrogens is 302 g/mol. The van der Waals surface area contributed by atoms with Crippen LogP contribution in [0.5, 0.6) is 0 Å². The molecule has 0 unspecified atom stereocenters. The number of carbonyl (C=O) groups is 1. The summed E-state index contributed by atoms with van der Waals surface area (Å²) in [7, 11) is 0. The lowest BCUT2D eigenvalue weighted by Crippen LogP contribution is -2.64. The third kappa shape index (κ3) is 2.57. The molecule has 3 aliphatic heterocycles. The molecular formula is C16H20ClN3O2. The molecule has 4 rings (SSSR count). The average Bonchev–Trinajstić information content (AvgIpc) is 2.89. The van der Waals surface area contributed by atoms with E-state index >= 15 is 0 Å². The maximum Gasteiger partial charge on any atom is 0.245 e. The highest BCUT2D eigenvalue weighted by Gasteiger charge is 2.39. The Kier molecular flexibility index (Phi) is 3.72. The van der Waals surface area contributed by atoms with Gasteiger partial charge in [0.25, 0.3) is 0 Å². The van der Waals surface area contributed by atoms with Gasteiger partial charge in [-0.25, -0.2) is 0 Å². The molecule has 0 radical (unpaired) electrons. The van der Waals surface area contributed by atoms with Gasteiger partial charge in [-0.05, 0) is 23.8 Å². The standard InChI is InChI=1S/C16H20ClN3O2/c17-12-1-2-14-11(7-12)8-15(18-14)16(21)20-9-13(10-20)19-3-5-22-6-4-19/h1-2,7,13,15,18H,3-6,8-10H2/t15-/m0/s1. The minimum atomic E-state index is -0.140. The first kappa shape index (κ1) is 14.3. The largest absolute Gasteiger partial charge is 0.379 e. The molecule has 1 amide bonds. The fraction of sp³-hybridized carbons (Fsp3) is 0.562. The second kappa shape index (κ2) is 5.72. The lowest BCUT2D eigenvalue weighted by atomic mass is 10.0. The molecule has 5 nitrogen and oxygen atoms in total. The molecule has 3 heterocycles. The van der Waals surface area contributed by atoms with Crippen molar-refractivity contribution in [2.75, 3.05) is 44.7 Å². The summed E-state index contributed by atoms with van der Waals surface area (Å²) in [5, 5.41) is 4.05. The van der Waals surface area contributed by atoms with E-state index in [1.54, 1.807) is 0 Å². The summed E-state index contributed by atoms with van der Waals surface area (Å²) in [6, 6.07) is 6.13. The van der Waals surface area contributed by atoms with E-state index in [9.17, 15) is 4.79 Å². The maximum atomic E-state index is 12.6. The number of hydrogen-bond acceptors (Lipinski definition) is 4. The molecule has 6 heteroatoms. The van der Waals surface area contributed by atoms with Crippen molar-refractivity contribution in [2.45, 2.75) is 18.5 Å². The number of amides is 1. The van der Waals surface area contributed by atoms with Crippen LogP contribution in [0.15, 0.2) is 18.2 Å². The molecule has 2 fully saturated rings. The number of morpholine rings is 1. The van der Waals surface area contributed by atoms with Gasteiger partial charge in [0, 0.05) is 49.4 Å². The summed E-state index contributed by atoms with van der Waals surface area (Å²) in [6.45, 7) is 5.27. The number of rotatable bonds is 2. The van der Waals surface area contributed by atoms with Crippen LogP contribution in [0, 0.1) is 0 Å². The number of halogens is 1. The number of anilines is 1. The van der Waals surface area contributed by atoms with Gasteiger partial charge in [-0.15, -0.1) is 0 Å². The fourth-order valence-corrected chi connectivity index (χ4v) is 3.70. The number of hydrogen-bond donors (Lipinski definition) is 1. The first-order chi connectivity index (χ1) is 10.7. The number of nitrogens with zero attached hydrogens (tertiary/aromatic N) is 2. The van der Waals surface area contributed by atoms with Crippen LogP contribution in [0.25, 0.3) is 0 Å².